The molecule has 0 spiro atoms. The maximum atomic E-state index is 13.3. The van der Waals surface area contributed by atoms with Gasteiger partial charge in [0.15, 0.2) is 0 Å². The van der Waals surface area contributed by atoms with E-state index in [0.717, 1.165) is 12.0 Å². The first-order valence-corrected chi connectivity index (χ1v) is 9.00. The van der Waals surface area contributed by atoms with E-state index >= 15 is 0 Å². The molecule has 0 aliphatic heterocycles. The molecule has 0 atom stereocenters. The van der Waals surface area contributed by atoms with Crippen LogP contribution in [0.5, 0.6) is 0 Å². The highest BCUT2D eigenvalue weighted by Crippen LogP contribution is 2.19. The number of aromatic nitrogens is 1. The van der Waals surface area contributed by atoms with Crippen LogP contribution in [0.4, 0.5) is 4.39 Å². The molecular weight excluding hydrogens is 361 g/mol. The number of ether oxygens (including phenoxy) is 1. The first-order chi connectivity index (χ1) is 13.5. The highest BCUT2D eigenvalue weighted by molar-refractivity contribution is 5.89. The maximum Gasteiger partial charge on any atom is 0.305 e. The van der Waals surface area contributed by atoms with E-state index in [2.05, 4.69) is 4.74 Å². The second kappa shape index (κ2) is 8.61. The van der Waals surface area contributed by atoms with Gasteiger partial charge in [-0.05, 0) is 67.1 Å². The van der Waals surface area contributed by atoms with Gasteiger partial charge in [0.25, 0.3) is 5.56 Å². The molecule has 1 heterocycles. The van der Waals surface area contributed by atoms with Gasteiger partial charge < -0.3 is 4.74 Å². The highest BCUT2D eigenvalue weighted by Gasteiger charge is 2.12. The third kappa shape index (κ3) is 4.17. The van der Waals surface area contributed by atoms with Crippen LogP contribution < -0.4 is 5.56 Å². The molecule has 2 aromatic carbocycles. The number of carbonyl (C=O) groups excluding carboxylic acids is 2. The minimum Gasteiger partial charge on any atom is -0.469 e. The number of methoxy groups -OCH3 is 1. The summed E-state index contributed by atoms with van der Waals surface area (Å²) >= 11 is 0. The van der Waals surface area contributed by atoms with Crippen molar-refractivity contribution in [1.82, 2.24) is 4.57 Å². The van der Waals surface area contributed by atoms with Crippen molar-refractivity contribution in [2.45, 2.75) is 25.7 Å². The van der Waals surface area contributed by atoms with Crippen molar-refractivity contribution in [2.24, 2.45) is 0 Å². The van der Waals surface area contributed by atoms with Gasteiger partial charge in [0.05, 0.1) is 7.11 Å². The van der Waals surface area contributed by atoms with Crippen molar-refractivity contribution >= 4 is 23.0 Å². The number of fused-ring (bicyclic) bond motifs is 1. The summed E-state index contributed by atoms with van der Waals surface area (Å²) in [4.78, 5) is 35.5. The first kappa shape index (κ1) is 19.5. The molecule has 3 aromatic rings. The Bertz CT molecular complexity index is 1070. The molecular formula is C22H20FNO4. The van der Waals surface area contributed by atoms with E-state index < -0.39 is 0 Å². The summed E-state index contributed by atoms with van der Waals surface area (Å²) in [6, 6.07) is 12.5. The van der Waals surface area contributed by atoms with Gasteiger partial charge >= 0.3 is 5.97 Å². The average molecular weight is 381 g/mol. The number of pyridine rings is 1. The lowest BCUT2D eigenvalue weighted by Gasteiger charge is -2.15. The third-order valence-electron chi connectivity index (χ3n) is 4.63. The maximum absolute atomic E-state index is 13.3. The number of rotatable bonds is 7. The lowest BCUT2D eigenvalue weighted by atomic mass is 10.0. The molecule has 0 unspecified atom stereocenters. The summed E-state index contributed by atoms with van der Waals surface area (Å²) in [5.74, 6) is -0.655. The summed E-state index contributed by atoms with van der Waals surface area (Å²) in [7, 11) is 1.35. The topological polar surface area (TPSA) is 65.4 Å². The highest BCUT2D eigenvalue weighted by atomic mass is 19.1. The minimum absolute atomic E-state index is 0.232. The van der Waals surface area contributed by atoms with Gasteiger partial charge in [-0.2, -0.15) is 0 Å². The van der Waals surface area contributed by atoms with Crippen LogP contribution in [0.1, 0.15) is 35.3 Å². The zero-order chi connectivity index (χ0) is 20.1. The van der Waals surface area contributed by atoms with Crippen LogP contribution in [-0.2, 0) is 16.0 Å². The molecule has 6 heteroatoms. The number of carbonyl (C=O) groups is 2. The Labute approximate surface area is 161 Å². The summed E-state index contributed by atoms with van der Waals surface area (Å²) in [6.07, 6.45) is 2.89. The van der Waals surface area contributed by atoms with Gasteiger partial charge in [0.1, 0.15) is 12.1 Å². The lowest BCUT2D eigenvalue weighted by molar-refractivity contribution is -0.140. The van der Waals surface area contributed by atoms with Crippen LogP contribution in [0.25, 0.3) is 16.5 Å². The molecule has 0 N–H and O–H groups in total. The molecule has 5 nitrogen and oxygen atoms in total. The predicted octanol–water partition coefficient (Wildman–Crippen LogP) is 3.83. The van der Waals surface area contributed by atoms with Gasteiger partial charge in [-0.1, -0.05) is 6.07 Å². The number of unbranched alkanes of at least 4 members (excludes halogenated alkanes) is 1. The Hall–Kier alpha value is -3.28. The molecule has 144 valence electrons. The van der Waals surface area contributed by atoms with Crippen molar-refractivity contribution in [3.63, 3.8) is 0 Å². The van der Waals surface area contributed by atoms with Gasteiger partial charge in [0, 0.05) is 28.8 Å². The summed E-state index contributed by atoms with van der Waals surface area (Å²) < 4.78 is 19.5. The van der Waals surface area contributed by atoms with Crippen LogP contribution in [0.2, 0.25) is 0 Å². The largest absolute Gasteiger partial charge is 0.469 e. The van der Waals surface area contributed by atoms with E-state index in [-0.39, 0.29) is 17.3 Å². The van der Waals surface area contributed by atoms with Gasteiger partial charge in [-0.25, -0.2) is 4.39 Å². The molecule has 0 radical (unpaired) electrons. The van der Waals surface area contributed by atoms with E-state index in [9.17, 15) is 18.8 Å². The fourth-order valence-corrected chi connectivity index (χ4v) is 3.20. The molecule has 0 aliphatic rings. The predicted molar refractivity (Wildman–Crippen MR) is 104 cm³/mol. The van der Waals surface area contributed by atoms with Crippen LogP contribution in [-0.4, -0.2) is 23.9 Å². The summed E-state index contributed by atoms with van der Waals surface area (Å²) in [5.41, 5.74) is 1.56. The number of aldehydes is 1. The van der Waals surface area contributed by atoms with Crippen molar-refractivity contribution in [1.29, 1.82) is 0 Å². The third-order valence-corrected chi connectivity index (χ3v) is 4.63. The Morgan fingerprint density at radius 3 is 2.54 bits per heavy atom. The van der Waals surface area contributed by atoms with Crippen LogP contribution in [0, 0.1) is 5.82 Å². The molecule has 3 rings (SSSR count). The number of benzene rings is 2. The molecule has 0 saturated carbocycles. The smallest absolute Gasteiger partial charge is 0.305 e. The molecule has 0 saturated heterocycles. The molecule has 0 fully saturated rings. The monoisotopic (exact) mass is 381 g/mol. The van der Waals surface area contributed by atoms with Crippen molar-refractivity contribution < 1.29 is 18.7 Å². The van der Waals surface area contributed by atoms with Gasteiger partial charge in [-0.3, -0.25) is 19.0 Å². The summed E-state index contributed by atoms with van der Waals surface area (Å²) in [5, 5.41) is 1.16. The molecule has 28 heavy (non-hydrogen) atoms. The standard InChI is InChI=1S/C22H20FNO4/c1-28-21(26)5-3-2-4-19-13-16-12-15(14-25)6-11-20(16)22(27)24(19)18-9-7-17(23)8-10-18/h6-14H,2-5H2,1H3. The van der Waals surface area contributed by atoms with Crippen LogP contribution in [0.3, 0.4) is 0 Å². The number of hydrogen-bond acceptors (Lipinski definition) is 4. The van der Waals surface area contributed by atoms with E-state index in [1.165, 1.54) is 19.2 Å². The quantitative estimate of drug-likeness (QED) is 0.354. The lowest BCUT2D eigenvalue weighted by Crippen LogP contribution is -2.22. The molecule has 0 aliphatic carbocycles. The molecule has 0 amide bonds. The number of halogens is 1. The van der Waals surface area contributed by atoms with Gasteiger partial charge in [-0.15, -0.1) is 0 Å². The van der Waals surface area contributed by atoms with E-state index in [1.54, 1.807) is 34.9 Å². The number of nitrogens with zero attached hydrogens (tertiary/aromatic N) is 1. The van der Waals surface area contributed by atoms with Gasteiger partial charge in [0.2, 0.25) is 0 Å². The molecule has 0 bridgehead atoms. The Morgan fingerprint density at radius 1 is 1.11 bits per heavy atom. The second-order valence-electron chi connectivity index (χ2n) is 6.50. The SMILES string of the molecule is COC(=O)CCCCc1cc2cc(C=O)ccc2c(=O)n1-c1ccc(F)cc1. The molecule has 1 aromatic heterocycles. The Kier molecular flexibility index (Phi) is 5.99. The summed E-state index contributed by atoms with van der Waals surface area (Å²) in [6.45, 7) is 0. The Morgan fingerprint density at radius 2 is 1.86 bits per heavy atom. The van der Waals surface area contributed by atoms with Crippen molar-refractivity contribution in [3.05, 3.63) is 76.0 Å². The number of hydrogen-bond donors (Lipinski definition) is 0. The van der Waals surface area contributed by atoms with Crippen molar-refractivity contribution in [2.75, 3.05) is 7.11 Å². The zero-order valence-corrected chi connectivity index (χ0v) is 15.5. The van der Waals surface area contributed by atoms with E-state index in [1.807, 2.05) is 6.07 Å². The number of aryl methyl sites for hydroxylation is 1. The minimum atomic E-state index is -0.382. The average Bonchev–Trinajstić information content (AvgIpc) is 2.71. The van der Waals surface area contributed by atoms with Crippen LogP contribution >= 0.6 is 0 Å². The van der Waals surface area contributed by atoms with E-state index in [0.29, 0.717) is 47.7 Å². The fourth-order valence-electron chi connectivity index (χ4n) is 3.20. The van der Waals surface area contributed by atoms with E-state index in [4.69, 9.17) is 0 Å². The normalized spacial score (nSPS) is 10.8. The first-order valence-electron chi connectivity index (χ1n) is 9.00. The Balaban J connectivity index is 2.05. The zero-order valence-electron chi connectivity index (χ0n) is 15.5. The second-order valence-corrected chi connectivity index (χ2v) is 6.50. The van der Waals surface area contributed by atoms with Crippen LogP contribution in [0.15, 0.2) is 53.3 Å². The number of esters is 1. The fraction of sp³-hybridized carbons (Fsp3) is 0.227. The van der Waals surface area contributed by atoms with Crippen molar-refractivity contribution in [3.8, 4) is 5.69 Å².